The summed E-state index contributed by atoms with van der Waals surface area (Å²) in [7, 11) is 0. The molecule has 2 unspecified atom stereocenters. The molecule has 0 spiro atoms. The fourth-order valence-electron chi connectivity index (χ4n) is 2.57. The van der Waals surface area contributed by atoms with Gasteiger partial charge in [0.15, 0.2) is 5.11 Å². The zero-order chi connectivity index (χ0) is 17.1. The zero-order valence-electron chi connectivity index (χ0n) is 13.2. The summed E-state index contributed by atoms with van der Waals surface area (Å²) in [5.74, 6) is -0.160. The number of thiocarbonyl (C=S) groups is 1. The van der Waals surface area contributed by atoms with Crippen molar-refractivity contribution >= 4 is 28.9 Å². The summed E-state index contributed by atoms with van der Waals surface area (Å²) in [6, 6.07) is 14.1. The van der Waals surface area contributed by atoms with Gasteiger partial charge in [0.2, 0.25) is 5.91 Å². The van der Waals surface area contributed by atoms with Crippen molar-refractivity contribution in [3.63, 3.8) is 0 Å². The van der Waals surface area contributed by atoms with Crippen LogP contribution in [-0.2, 0) is 4.79 Å². The van der Waals surface area contributed by atoms with Gasteiger partial charge in [0, 0.05) is 11.6 Å². The summed E-state index contributed by atoms with van der Waals surface area (Å²) in [4.78, 5) is 12.1. The first-order valence-corrected chi connectivity index (χ1v) is 8.13. The number of aryl methyl sites for hydroxylation is 1. The molecule has 0 bridgehead atoms. The van der Waals surface area contributed by atoms with Gasteiger partial charge in [0.1, 0.15) is 5.82 Å². The summed E-state index contributed by atoms with van der Waals surface area (Å²) in [5, 5.41) is 3.12. The van der Waals surface area contributed by atoms with Crippen molar-refractivity contribution in [1.29, 1.82) is 0 Å². The molecule has 0 heterocycles. The Labute approximate surface area is 145 Å². The Balaban J connectivity index is 1.45. The maximum atomic E-state index is 12.8. The van der Waals surface area contributed by atoms with E-state index in [0.29, 0.717) is 5.69 Å². The van der Waals surface area contributed by atoms with E-state index in [1.807, 2.05) is 6.92 Å². The molecule has 3 rings (SSSR count). The predicted octanol–water partition coefficient (Wildman–Crippen LogP) is 3.26. The van der Waals surface area contributed by atoms with Crippen molar-refractivity contribution in [3.05, 3.63) is 65.5 Å². The standard InChI is InChI=1S/C18H18FN3OS/c1-11-2-4-12(5-3-11)15-10-16(15)17(23)21-22-18(24)20-14-8-6-13(19)7-9-14/h2-9,15-16H,10H2,1H3,(H,21,23)(H2,20,22,24). The molecular weight excluding hydrogens is 325 g/mol. The average molecular weight is 343 g/mol. The van der Waals surface area contributed by atoms with Crippen LogP contribution < -0.4 is 16.2 Å². The highest BCUT2D eigenvalue weighted by Crippen LogP contribution is 2.47. The number of nitrogens with one attached hydrogen (secondary N) is 3. The van der Waals surface area contributed by atoms with Crippen molar-refractivity contribution < 1.29 is 9.18 Å². The normalized spacial score (nSPS) is 18.6. The number of hydrogen-bond donors (Lipinski definition) is 3. The molecule has 1 aliphatic rings. The summed E-state index contributed by atoms with van der Waals surface area (Å²) in [6.45, 7) is 2.04. The van der Waals surface area contributed by atoms with Gasteiger partial charge >= 0.3 is 0 Å². The van der Waals surface area contributed by atoms with E-state index in [1.54, 1.807) is 12.1 Å². The minimum Gasteiger partial charge on any atom is -0.331 e. The van der Waals surface area contributed by atoms with E-state index in [9.17, 15) is 9.18 Å². The van der Waals surface area contributed by atoms with Gasteiger partial charge in [0.25, 0.3) is 0 Å². The molecule has 6 heteroatoms. The SMILES string of the molecule is Cc1ccc(C2CC2C(=O)NNC(=S)Nc2ccc(F)cc2)cc1. The van der Waals surface area contributed by atoms with Crippen LogP contribution in [0.25, 0.3) is 0 Å². The Morgan fingerprint density at radius 3 is 2.42 bits per heavy atom. The third-order valence-corrected chi connectivity index (χ3v) is 4.24. The molecule has 0 radical (unpaired) electrons. The average Bonchev–Trinajstić information content (AvgIpc) is 3.36. The van der Waals surface area contributed by atoms with Crippen LogP contribution in [0.1, 0.15) is 23.5 Å². The molecule has 0 aliphatic heterocycles. The molecule has 1 aliphatic carbocycles. The van der Waals surface area contributed by atoms with Crippen molar-refractivity contribution in [2.75, 3.05) is 5.32 Å². The van der Waals surface area contributed by atoms with E-state index in [0.717, 1.165) is 6.42 Å². The maximum Gasteiger partial charge on any atom is 0.242 e. The lowest BCUT2D eigenvalue weighted by Gasteiger charge is -2.11. The lowest BCUT2D eigenvalue weighted by Crippen LogP contribution is -2.44. The van der Waals surface area contributed by atoms with Crippen LogP contribution in [0, 0.1) is 18.7 Å². The van der Waals surface area contributed by atoms with Crippen LogP contribution in [0.5, 0.6) is 0 Å². The minimum absolute atomic E-state index is 0.0335. The molecule has 0 saturated heterocycles. The number of benzene rings is 2. The Morgan fingerprint density at radius 1 is 1.08 bits per heavy atom. The summed E-state index contributed by atoms with van der Waals surface area (Å²) < 4.78 is 12.8. The van der Waals surface area contributed by atoms with Gasteiger partial charge in [-0.1, -0.05) is 29.8 Å². The molecule has 2 aromatic carbocycles. The van der Waals surface area contributed by atoms with Crippen molar-refractivity contribution in [2.24, 2.45) is 5.92 Å². The summed E-state index contributed by atoms with van der Waals surface area (Å²) in [5.41, 5.74) is 8.34. The second-order valence-electron chi connectivity index (χ2n) is 5.93. The number of rotatable bonds is 3. The molecule has 1 amide bonds. The van der Waals surface area contributed by atoms with Gasteiger partial charge in [0.05, 0.1) is 0 Å². The molecule has 1 saturated carbocycles. The Kier molecular flexibility index (Phi) is 4.76. The topological polar surface area (TPSA) is 53.2 Å². The van der Waals surface area contributed by atoms with E-state index >= 15 is 0 Å². The van der Waals surface area contributed by atoms with Crippen LogP contribution >= 0.6 is 12.2 Å². The number of halogens is 1. The molecule has 0 aromatic heterocycles. The quantitative estimate of drug-likeness (QED) is 0.591. The van der Waals surface area contributed by atoms with Crippen LogP contribution in [0.4, 0.5) is 10.1 Å². The summed E-state index contributed by atoms with van der Waals surface area (Å²) >= 11 is 5.10. The van der Waals surface area contributed by atoms with Crippen LogP contribution in [0.2, 0.25) is 0 Å². The largest absolute Gasteiger partial charge is 0.331 e. The van der Waals surface area contributed by atoms with E-state index in [4.69, 9.17) is 12.2 Å². The molecule has 124 valence electrons. The molecule has 1 fully saturated rings. The number of hydrazine groups is 1. The number of carbonyl (C=O) groups is 1. The van der Waals surface area contributed by atoms with E-state index in [2.05, 4.69) is 40.4 Å². The second kappa shape index (κ2) is 6.97. The van der Waals surface area contributed by atoms with Gasteiger partial charge in [-0.3, -0.25) is 15.6 Å². The second-order valence-corrected chi connectivity index (χ2v) is 6.34. The number of hydrogen-bond acceptors (Lipinski definition) is 2. The predicted molar refractivity (Wildman–Crippen MR) is 95.9 cm³/mol. The van der Waals surface area contributed by atoms with E-state index < -0.39 is 0 Å². The lowest BCUT2D eigenvalue weighted by molar-refractivity contribution is -0.122. The number of amides is 1. The van der Waals surface area contributed by atoms with Crippen molar-refractivity contribution in [2.45, 2.75) is 19.3 Å². The highest BCUT2D eigenvalue weighted by atomic mass is 32.1. The Bertz CT molecular complexity index is 746. The first kappa shape index (κ1) is 16.4. The summed E-state index contributed by atoms with van der Waals surface area (Å²) in [6.07, 6.45) is 0.842. The van der Waals surface area contributed by atoms with Gasteiger partial charge in [-0.2, -0.15) is 0 Å². The molecule has 24 heavy (non-hydrogen) atoms. The van der Waals surface area contributed by atoms with Crippen molar-refractivity contribution in [3.8, 4) is 0 Å². The number of anilines is 1. The fraction of sp³-hybridized carbons (Fsp3) is 0.222. The Hall–Kier alpha value is -2.47. The first-order valence-electron chi connectivity index (χ1n) is 7.72. The van der Waals surface area contributed by atoms with Gasteiger partial charge < -0.3 is 5.32 Å². The third-order valence-electron chi connectivity index (χ3n) is 4.03. The minimum atomic E-state index is -0.316. The van der Waals surface area contributed by atoms with Gasteiger partial charge in [-0.15, -0.1) is 0 Å². The number of carbonyl (C=O) groups excluding carboxylic acids is 1. The molecular formula is C18H18FN3OS. The third kappa shape index (κ3) is 4.08. The highest BCUT2D eigenvalue weighted by molar-refractivity contribution is 7.80. The zero-order valence-corrected chi connectivity index (χ0v) is 14.0. The Morgan fingerprint density at radius 2 is 1.75 bits per heavy atom. The van der Waals surface area contributed by atoms with Crippen LogP contribution in [0.3, 0.4) is 0 Å². The van der Waals surface area contributed by atoms with Gasteiger partial charge in [-0.25, -0.2) is 4.39 Å². The maximum absolute atomic E-state index is 12.8. The molecule has 4 nitrogen and oxygen atoms in total. The van der Waals surface area contributed by atoms with Crippen molar-refractivity contribution in [1.82, 2.24) is 10.9 Å². The molecule has 2 atom stereocenters. The first-order chi connectivity index (χ1) is 11.5. The van der Waals surface area contributed by atoms with E-state index in [1.165, 1.54) is 23.3 Å². The highest BCUT2D eigenvalue weighted by Gasteiger charge is 2.43. The molecule has 2 aromatic rings. The van der Waals surface area contributed by atoms with E-state index in [-0.39, 0.29) is 28.7 Å². The van der Waals surface area contributed by atoms with Gasteiger partial charge in [-0.05, 0) is 61.3 Å². The smallest absolute Gasteiger partial charge is 0.242 e. The lowest BCUT2D eigenvalue weighted by atomic mass is 10.1. The monoisotopic (exact) mass is 343 g/mol. The van der Waals surface area contributed by atoms with Crippen LogP contribution in [-0.4, -0.2) is 11.0 Å². The fourth-order valence-corrected chi connectivity index (χ4v) is 2.74. The molecule has 3 N–H and O–H groups in total. The van der Waals surface area contributed by atoms with Crippen LogP contribution in [0.15, 0.2) is 48.5 Å².